The molecule has 0 aromatic heterocycles. The zero-order chi connectivity index (χ0) is 14.5. The lowest BCUT2D eigenvalue weighted by Gasteiger charge is -2.41. The van der Waals surface area contributed by atoms with Crippen LogP contribution >= 0.6 is 0 Å². The first kappa shape index (κ1) is 15.3. The Hall–Kier alpha value is -1.10. The van der Waals surface area contributed by atoms with Crippen LogP contribution in [0, 0.1) is 0 Å². The van der Waals surface area contributed by atoms with Crippen molar-refractivity contribution in [3.05, 3.63) is 29.8 Å². The van der Waals surface area contributed by atoms with Crippen molar-refractivity contribution in [2.45, 2.75) is 39.0 Å². The fraction of sp³-hybridized carbons (Fsp3) is 0.625. The molecule has 1 fully saturated rings. The lowest BCUT2D eigenvalue weighted by Crippen LogP contribution is -2.54. The smallest absolute Gasteiger partial charge is 0.0639 e. The molecule has 112 valence electrons. The van der Waals surface area contributed by atoms with E-state index in [-0.39, 0.29) is 6.10 Å². The van der Waals surface area contributed by atoms with E-state index in [1.807, 2.05) is 19.1 Å². The summed E-state index contributed by atoms with van der Waals surface area (Å²) >= 11 is 0. The first-order chi connectivity index (χ1) is 9.58. The van der Waals surface area contributed by atoms with Gasteiger partial charge in [0.1, 0.15) is 0 Å². The maximum Gasteiger partial charge on any atom is 0.0639 e. The van der Waals surface area contributed by atoms with Crippen molar-refractivity contribution in [3.8, 4) is 0 Å². The number of nitrogen functional groups attached to an aromatic ring is 1. The summed E-state index contributed by atoms with van der Waals surface area (Å²) in [6.45, 7) is 8.99. The standard InChI is InChI=1S/C16H27N3O/c1-3-16-12-18(7-8-19(16)10-13(2)20)11-14-5-4-6-15(17)9-14/h4-6,9,13,16,20H,3,7-8,10-12,17H2,1-2H3. The second-order valence-electron chi connectivity index (χ2n) is 5.89. The molecular formula is C16H27N3O. The first-order valence-corrected chi connectivity index (χ1v) is 7.57. The zero-order valence-corrected chi connectivity index (χ0v) is 12.6. The summed E-state index contributed by atoms with van der Waals surface area (Å²) < 4.78 is 0. The van der Waals surface area contributed by atoms with Crippen LogP contribution in [-0.4, -0.2) is 53.2 Å². The van der Waals surface area contributed by atoms with Crippen molar-refractivity contribution < 1.29 is 5.11 Å². The van der Waals surface area contributed by atoms with Crippen LogP contribution in [0.1, 0.15) is 25.8 Å². The molecule has 2 unspecified atom stereocenters. The fourth-order valence-electron chi connectivity index (χ4n) is 3.02. The molecule has 0 radical (unpaired) electrons. The van der Waals surface area contributed by atoms with Gasteiger partial charge in [-0.1, -0.05) is 19.1 Å². The summed E-state index contributed by atoms with van der Waals surface area (Å²) in [7, 11) is 0. The average molecular weight is 277 g/mol. The average Bonchev–Trinajstić information content (AvgIpc) is 2.40. The molecule has 3 N–H and O–H groups in total. The SMILES string of the molecule is CCC1CN(Cc2cccc(N)c2)CCN1CC(C)O. The van der Waals surface area contributed by atoms with Gasteiger partial charge in [0.05, 0.1) is 6.10 Å². The third kappa shape index (κ3) is 4.20. The minimum absolute atomic E-state index is 0.246. The molecule has 2 atom stereocenters. The highest BCUT2D eigenvalue weighted by Gasteiger charge is 2.26. The molecule has 1 saturated heterocycles. The molecule has 0 saturated carbocycles. The Morgan fingerprint density at radius 1 is 1.40 bits per heavy atom. The summed E-state index contributed by atoms with van der Waals surface area (Å²) in [5.41, 5.74) is 7.96. The van der Waals surface area contributed by atoms with Gasteiger partial charge in [-0.25, -0.2) is 0 Å². The summed E-state index contributed by atoms with van der Waals surface area (Å²) in [4.78, 5) is 4.90. The molecule has 1 heterocycles. The Labute approximate surface area is 122 Å². The number of aliphatic hydroxyl groups is 1. The van der Waals surface area contributed by atoms with Gasteiger partial charge in [-0.15, -0.1) is 0 Å². The van der Waals surface area contributed by atoms with Crippen molar-refractivity contribution in [2.75, 3.05) is 31.9 Å². The van der Waals surface area contributed by atoms with E-state index in [9.17, 15) is 5.11 Å². The van der Waals surface area contributed by atoms with Crippen LogP contribution < -0.4 is 5.73 Å². The molecule has 0 spiro atoms. The Bertz CT molecular complexity index is 422. The Balaban J connectivity index is 1.92. The summed E-state index contributed by atoms with van der Waals surface area (Å²) in [6.07, 6.45) is 0.879. The van der Waals surface area contributed by atoms with Crippen molar-refractivity contribution in [1.29, 1.82) is 0 Å². The van der Waals surface area contributed by atoms with Crippen LogP contribution in [-0.2, 0) is 6.54 Å². The summed E-state index contributed by atoms with van der Waals surface area (Å²) in [5, 5.41) is 9.58. The van der Waals surface area contributed by atoms with E-state index in [2.05, 4.69) is 28.9 Å². The van der Waals surface area contributed by atoms with Gasteiger partial charge in [0.2, 0.25) is 0 Å². The predicted octanol–water partition coefficient (Wildman–Crippen LogP) is 1.55. The molecule has 0 amide bonds. The van der Waals surface area contributed by atoms with E-state index in [4.69, 9.17) is 5.73 Å². The maximum absolute atomic E-state index is 9.58. The number of nitrogens with zero attached hydrogens (tertiary/aromatic N) is 2. The zero-order valence-electron chi connectivity index (χ0n) is 12.6. The molecule has 1 aromatic rings. The van der Waals surface area contributed by atoms with E-state index in [1.54, 1.807) is 0 Å². The van der Waals surface area contributed by atoms with Crippen molar-refractivity contribution >= 4 is 5.69 Å². The highest BCUT2D eigenvalue weighted by molar-refractivity contribution is 5.40. The van der Waals surface area contributed by atoms with Gasteiger partial charge in [0.25, 0.3) is 0 Å². The predicted molar refractivity (Wildman–Crippen MR) is 83.5 cm³/mol. The minimum atomic E-state index is -0.246. The van der Waals surface area contributed by atoms with Gasteiger partial charge < -0.3 is 10.8 Å². The molecule has 20 heavy (non-hydrogen) atoms. The van der Waals surface area contributed by atoms with Crippen LogP contribution in [0.5, 0.6) is 0 Å². The summed E-state index contributed by atoms with van der Waals surface area (Å²) in [5.74, 6) is 0. The number of piperazine rings is 1. The normalized spacial score (nSPS) is 22.9. The molecule has 1 aromatic carbocycles. The lowest BCUT2D eigenvalue weighted by atomic mass is 10.1. The highest BCUT2D eigenvalue weighted by atomic mass is 16.3. The third-order valence-electron chi connectivity index (χ3n) is 4.02. The van der Waals surface area contributed by atoms with Crippen LogP contribution in [0.25, 0.3) is 0 Å². The topological polar surface area (TPSA) is 52.7 Å². The first-order valence-electron chi connectivity index (χ1n) is 7.57. The Kier molecular flexibility index (Phi) is 5.40. The monoisotopic (exact) mass is 277 g/mol. The van der Waals surface area contributed by atoms with E-state index in [1.165, 1.54) is 5.56 Å². The second-order valence-corrected chi connectivity index (χ2v) is 5.89. The van der Waals surface area contributed by atoms with Gasteiger partial charge in [0, 0.05) is 44.5 Å². The highest BCUT2D eigenvalue weighted by Crippen LogP contribution is 2.17. The van der Waals surface area contributed by atoms with E-state index < -0.39 is 0 Å². The lowest BCUT2D eigenvalue weighted by molar-refractivity contribution is 0.0338. The van der Waals surface area contributed by atoms with Crippen LogP contribution in [0.2, 0.25) is 0 Å². The number of hydrogen-bond donors (Lipinski definition) is 2. The van der Waals surface area contributed by atoms with Crippen molar-refractivity contribution in [1.82, 2.24) is 9.80 Å². The van der Waals surface area contributed by atoms with E-state index in [0.717, 1.165) is 44.8 Å². The van der Waals surface area contributed by atoms with Gasteiger partial charge in [-0.3, -0.25) is 9.80 Å². The largest absolute Gasteiger partial charge is 0.399 e. The Morgan fingerprint density at radius 2 is 2.20 bits per heavy atom. The quantitative estimate of drug-likeness (QED) is 0.802. The number of aliphatic hydroxyl groups excluding tert-OH is 1. The van der Waals surface area contributed by atoms with Gasteiger partial charge in [-0.2, -0.15) is 0 Å². The molecule has 0 bridgehead atoms. The summed E-state index contributed by atoms with van der Waals surface area (Å²) in [6, 6.07) is 8.69. The Morgan fingerprint density at radius 3 is 2.85 bits per heavy atom. The van der Waals surface area contributed by atoms with Gasteiger partial charge in [-0.05, 0) is 31.0 Å². The third-order valence-corrected chi connectivity index (χ3v) is 4.02. The second kappa shape index (κ2) is 7.07. The molecule has 4 nitrogen and oxygen atoms in total. The van der Waals surface area contributed by atoms with Crippen molar-refractivity contribution in [3.63, 3.8) is 0 Å². The molecule has 2 rings (SSSR count). The van der Waals surface area contributed by atoms with Crippen molar-refractivity contribution in [2.24, 2.45) is 0 Å². The molecule has 1 aliphatic rings. The fourth-order valence-corrected chi connectivity index (χ4v) is 3.02. The molecular weight excluding hydrogens is 250 g/mol. The number of rotatable bonds is 5. The molecule has 0 aliphatic carbocycles. The number of anilines is 1. The van der Waals surface area contributed by atoms with E-state index in [0.29, 0.717) is 6.04 Å². The molecule has 4 heteroatoms. The molecule has 1 aliphatic heterocycles. The number of hydrogen-bond acceptors (Lipinski definition) is 4. The van der Waals surface area contributed by atoms with Gasteiger partial charge in [0.15, 0.2) is 0 Å². The maximum atomic E-state index is 9.58. The number of nitrogens with two attached hydrogens (primary N) is 1. The van der Waals surface area contributed by atoms with Crippen LogP contribution in [0.3, 0.4) is 0 Å². The van der Waals surface area contributed by atoms with E-state index >= 15 is 0 Å². The number of benzene rings is 1. The van der Waals surface area contributed by atoms with Crippen LogP contribution in [0.15, 0.2) is 24.3 Å². The minimum Gasteiger partial charge on any atom is -0.399 e. The number of β-amino-alcohol motifs (C(OH)–C–C–N with tert-alkyl or cyclic N) is 1. The van der Waals surface area contributed by atoms with Gasteiger partial charge >= 0.3 is 0 Å². The van der Waals surface area contributed by atoms with Crippen LogP contribution in [0.4, 0.5) is 5.69 Å².